The van der Waals surface area contributed by atoms with Gasteiger partial charge in [0.2, 0.25) is 0 Å². The van der Waals surface area contributed by atoms with Crippen LogP contribution in [-0.2, 0) is 13.0 Å². The zero-order chi connectivity index (χ0) is 19.7. The summed E-state index contributed by atoms with van der Waals surface area (Å²) in [6.45, 7) is 1.14. The predicted octanol–water partition coefficient (Wildman–Crippen LogP) is 4.04. The second kappa shape index (κ2) is 7.38. The summed E-state index contributed by atoms with van der Waals surface area (Å²) < 4.78 is 23.9. The average molecular weight is 380 g/mol. The largest absolute Gasteiger partial charge is 0.493 e. The second-order valence-electron chi connectivity index (χ2n) is 6.76. The third kappa shape index (κ3) is 3.33. The van der Waals surface area contributed by atoms with Gasteiger partial charge >= 0.3 is 0 Å². The molecule has 0 bridgehead atoms. The fraction of sp³-hybridized carbons (Fsp3) is 0.227. The maximum Gasteiger partial charge on any atom is 0.270 e. The molecule has 144 valence electrons. The molecule has 1 aliphatic heterocycles. The number of carbonyl (C=O) groups is 1. The van der Waals surface area contributed by atoms with Crippen molar-refractivity contribution in [1.29, 1.82) is 0 Å². The SMILES string of the molecule is COc1cc2c(cc1OC)CN(C(=O)c1cc(-c3ccc(F)cc3)c[nH]1)CC2. The molecule has 1 amide bonds. The molecule has 28 heavy (non-hydrogen) atoms. The van der Waals surface area contributed by atoms with Crippen LogP contribution in [0.25, 0.3) is 11.1 Å². The number of fused-ring (bicyclic) bond motifs is 1. The molecule has 3 aromatic rings. The first-order valence-electron chi connectivity index (χ1n) is 9.06. The van der Waals surface area contributed by atoms with Gasteiger partial charge in [0.1, 0.15) is 11.5 Å². The minimum atomic E-state index is -0.283. The highest BCUT2D eigenvalue weighted by Crippen LogP contribution is 2.33. The molecule has 2 heterocycles. The van der Waals surface area contributed by atoms with Crippen molar-refractivity contribution < 1.29 is 18.7 Å². The van der Waals surface area contributed by atoms with E-state index in [1.54, 1.807) is 38.6 Å². The number of aromatic nitrogens is 1. The fourth-order valence-corrected chi connectivity index (χ4v) is 3.55. The van der Waals surface area contributed by atoms with Gasteiger partial charge in [0, 0.05) is 19.3 Å². The van der Waals surface area contributed by atoms with E-state index in [1.165, 1.54) is 17.7 Å². The van der Waals surface area contributed by atoms with E-state index in [4.69, 9.17) is 9.47 Å². The van der Waals surface area contributed by atoms with Gasteiger partial charge in [-0.1, -0.05) is 12.1 Å². The van der Waals surface area contributed by atoms with Crippen molar-refractivity contribution >= 4 is 5.91 Å². The summed E-state index contributed by atoms with van der Waals surface area (Å²) >= 11 is 0. The van der Waals surface area contributed by atoms with Crippen molar-refractivity contribution in [3.63, 3.8) is 0 Å². The van der Waals surface area contributed by atoms with Gasteiger partial charge in [-0.3, -0.25) is 4.79 Å². The number of nitrogens with one attached hydrogen (secondary N) is 1. The van der Waals surface area contributed by atoms with Gasteiger partial charge in [0.05, 0.1) is 14.2 Å². The maximum atomic E-state index is 13.1. The molecule has 1 N–H and O–H groups in total. The number of nitrogens with zero attached hydrogens (tertiary/aromatic N) is 1. The number of carbonyl (C=O) groups excluding carboxylic acids is 1. The fourth-order valence-electron chi connectivity index (χ4n) is 3.55. The van der Waals surface area contributed by atoms with Gasteiger partial charge in [-0.15, -0.1) is 0 Å². The van der Waals surface area contributed by atoms with E-state index in [2.05, 4.69) is 4.98 Å². The Labute approximate surface area is 162 Å². The van der Waals surface area contributed by atoms with Crippen molar-refractivity contribution in [1.82, 2.24) is 9.88 Å². The van der Waals surface area contributed by atoms with E-state index in [0.717, 1.165) is 23.1 Å². The molecule has 5 nitrogen and oxygen atoms in total. The summed E-state index contributed by atoms with van der Waals surface area (Å²) in [7, 11) is 3.22. The number of amides is 1. The monoisotopic (exact) mass is 380 g/mol. The van der Waals surface area contributed by atoms with Crippen LogP contribution >= 0.6 is 0 Å². The standard InChI is InChI=1S/C22H21FN2O3/c1-27-20-10-15-7-8-25(13-17(15)11-21(20)28-2)22(26)19-9-16(12-24-19)14-3-5-18(23)6-4-14/h3-6,9-12,24H,7-8,13H2,1-2H3. The summed E-state index contributed by atoms with van der Waals surface area (Å²) in [6, 6.07) is 11.9. The quantitative estimate of drug-likeness (QED) is 0.743. The summed E-state index contributed by atoms with van der Waals surface area (Å²) in [5.41, 5.74) is 4.45. The Morgan fingerprint density at radius 1 is 1.00 bits per heavy atom. The normalized spacial score (nSPS) is 13.2. The van der Waals surface area contributed by atoms with Gasteiger partial charge in [0.15, 0.2) is 11.5 Å². The van der Waals surface area contributed by atoms with Crippen LogP contribution in [0.15, 0.2) is 48.7 Å². The first-order valence-corrected chi connectivity index (χ1v) is 9.06. The Morgan fingerprint density at radius 3 is 2.36 bits per heavy atom. The van der Waals surface area contributed by atoms with Crippen molar-refractivity contribution in [2.24, 2.45) is 0 Å². The van der Waals surface area contributed by atoms with E-state index < -0.39 is 0 Å². The van der Waals surface area contributed by atoms with Crippen LogP contribution in [0, 0.1) is 5.82 Å². The van der Waals surface area contributed by atoms with Crippen molar-refractivity contribution in [3.8, 4) is 22.6 Å². The number of benzene rings is 2. The molecule has 0 saturated heterocycles. The van der Waals surface area contributed by atoms with E-state index in [0.29, 0.717) is 30.3 Å². The van der Waals surface area contributed by atoms with Crippen molar-refractivity contribution in [2.45, 2.75) is 13.0 Å². The molecule has 1 aliphatic rings. The molecule has 1 aromatic heterocycles. The topological polar surface area (TPSA) is 54.6 Å². The van der Waals surface area contributed by atoms with Crippen LogP contribution in [-0.4, -0.2) is 36.6 Å². The van der Waals surface area contributed by atoms with E-state index in [9.17, 15) is 9.18 Å². The molecule has 0 saturated carbocycles. The Bertz CT molecular complexity index is 1010. The number of methoxy groups -OCH3 is 2. The van der Waals surface area contributed by atoms with Crippen molar-refractivity contribution in [2.75, 3.05) is 20.8 Å². The van der Waals surface area contributed by atoms with E-state index >= 15 is 0 Å². The number of rotatable bonds is 4. The Kier molecular flexibility index (Phi) is 4.77. The second-order valence-corrected chi connectivity index (χ2v) is 6.76. The minimum absolute atomic E-state index is 0.0613. The lowest BCUT2D eigenvalue weighted by atomic mass is 9.98. The molecule has 0 spiro atoms. The molecule has 2 aromatic carbocycles. The van der Waals surface area contributed by atoms with Gasteiger partial charge in [0.25, 0.3) is 5.91 Å². The number of H-pyrrole nitrogens is 1. The third-order valence-electron chi connectivity index (χ3n) is 5.10. The molecule has 0 unspecified atom stereocenters. The number of hydrogen-bond donors (Lipinski definition) is 1. The molecular formula is C22H21FN2O3. The summed E-state index contributed by atoms with van der Waals surface area (Å²) in [4.78, 5) is 17.8. The van der Waals surface area contributed by atoms with Crippen LogP contribution in [0.3, 0.4) is 0 Å². The maximum absolute atomic E-state index is 13.1. The Hall–Kier alpha value is -3.28. The summed E-state index contributed by atoms with van der Waals surface area (Å²) in [6.07, 6.45) is 2.53. The first kappa shape index (κ1) is 18.1. The van der Waals surface area contributed by atoms with E-state index in [-0.39, 0.29) is 11.7 Å². The molecule has 4 rings (SSSR count). The zero-order valence-electron chi connectivity index (χ0n) is 15.8. The number of hydrogen-bond acceptors (Lipinski definition) is 3. The number of aromatic amines is 1. The van der Waals surface area contributed by atoms with Crippen LogP contribution in [0.1, 0.15) is 21.6 Å². The lowest BCUT2D eigenvalue weighted by Gasteiger charge is -2.29. The Balaban J connectivity index is 1.54. The Morgan fingerprint density at radius 2 is 1.68 bits per heavy atom. The molecule has 0 radical (unpaired) electrons. The molecule has 6 heteroatoms. The number of ether oxygens (including phenoxy) is 2. The highest BCUT2D eigenvalue weighted by atomic mass is 19.1. The highest BCUT2D eigenvalue weighted by Gasteiger charge is 2.24. The minimum Gasteiger partial charge on any atom is -0.493 e. The van der Waals surface area contributed by atoms with Gasteiger partial charge < -0.3 is 19.4 Å². The van der Waals surface area contributed by atoms with Crippen LogP contribution in [0.4, 0.5) is 4.39 Å². The van der Waals surface area contributed by atoms with Gasteiger partial charge in [-0.2, -0.15) is 0 Å². The van der Waals surface area contributed by atoms with Crippen LogP contribution in [0.2, 0.25) is 0 Å². The molecular weight excluding hydrogens is 359 g/mol. The summed E-state index contributed by atoms with van der Waals surface area (Å²) in [5, 5.41) is 0. The van der Waals surface area contributed by atoms with Crippen LogP contribution < -0.4 is 9.47 Å². The predicted molar refractivity (Wildman–Crippen MR) is 104 cm³/mol. The summed E-state index contributed by atoms with van der Waals surface area (Å²) in [5.74, 6) is 1.02. The van der Waals surface area contributed by atoms with Gasteiger partial charge in [-0.25, -0.2) is 4.39 Å². The zero-order valence-corrected chi connectivity index (χ0v) is 15.8. The molecule has 0 atom stereocenters. The van der Waals surface area contributed by atoms with Crippen molar-refractivity contribution in [3.05, 3.63) is 71.3 Å². The van der Waals surface area contributed by atoms with Crippen LogP contribution in [0.5, 0.6) is 11.5 Å². The first-order chi connectivity index (χ1) is 13.6. The highest BCUT2D eigenvalue weighted by molar-refractivity contribution is 5.94. The molecule has 0 aliphatic carbocycles. The smallest absolute Gasteiger partial charge is 0.270 e. The van der Waals surface area contributed by atoms with E-state index in [1.807, 2.05) is 17.0 Å². The third-order valence-corrected chi connectivity index (χ3v) is 5.10. The molecule has 0 fully saturated rings. The number of halogens is 1. The lowest BCUT2D eigenvalue weighted by Crippen LogP contribution is -2.36. The average Bonchev–Trinajstić information content (AvgIpc) is 3.22. The van der Waals surface area contributed by atoms with Gasteiger partial charge in [-0.05, 0) is 59.0 Å². The lowest BCUT2D eigenvalue weighted by molar-refractivity contribution is 0.0729.